The van der Waals surface area contributed by atoms with Crippen molar-refractivity contribution >= 4 is 22.8 Å². The van der Waals surface area contributed by atoms with Gasteiger partial charge in [0.15, 0.2) is 0 Å². The van der Waals surface area contributed by atoms with E-state index >= 15 is 0 Å². The van der Waals surface area contributed by atoms with Gasteiger partial charge in [0.05, 0.1) is 34.2 Å². The number of hydrogen-bond donors (Lipinski definition) is 0. The van der Waals surface area contributed by atoms with E-state index in [4.69, 9.17) is 15.0 Å². The Kier molecular flexibility index (Phi) is 12.3. The third-order valence-electron chi connectivity index (χ3n) is 8.46. The molecule has 47 heavy (non-hydrogen) atoms. The van der Waals surface area contributed by atoms with Crippen LogP contribution in [0.2, 0.25) is 0 Å². The number of aromatic nitrogens is 1. The molecular weight excluding hydrogens is 617 g/mol. The van der Waals surface area contributed by atoms with Gasteiger partial charge in [0.2, 0.25) is 0 Å². The monoisotopic (exact) mass is 664 g/mol. The van der Waals surface area contributed by atoms with Crippen LogP contribution >= 0.6 is 0 Å². The Morgan fingerprint density at radius 3 is 1.00 bits per heavy atom. The predicted octanol–water partition coefficient (Wildman–Crippen LogP) is 11.9. The second-order valence-corrected chi connectivity index (χ2v) is 13.2. The summed E-state index contributed by atoms with van der Waals surface area (Å²) in [7, 11) is 0. The first-order valence-corrected chi connectivity index (χ1v) is 16.7. The van der Waals surface area contributed by atoms with Crippen LogP contribution in [0.25, 0.3) is 0 Å². The van der Waals surface area contributed by atoms with Gasteiger partial charge >= 0.3 is 0 Å². The number of benzene rings is 4. The van der Waals surface area contributed by atoms with Gasteiger partial charge < -0.3 is 0 Å². The minimum absolute atomic E-state index is 0. The van der Waals surface area contributed by atoms with Crippen molar-refractivity contribution in [3.8, 4) is 0 Å². The molecule has 5 rings (SSSR count). The van der Waals surface area contributed by atoms with E-state index in [0.717, 1.165) is 45.3 Å². The third kappa shape index (κ3) is 8.24. The minimum Gasteiger partial charge on any atom is -0.246 e. The van der Waals surface area contributed by atoms with Gasteiger partial charge in [-0.05, 0) is 58.1 Å². The predicted molar refractivity (Wildman–Crippen MR) is 197 cm³/mol. The largest absolute Gasteiger partial charge is 0.246 e. The fourth-order valence-corrected chi connectivity index (χ4v) is 5.94. The van der Waals surface area contributed by atoms with E-state index in [1.54, 1.807) is 0 Å². The average Bonchev–Trinajstić information content (AvgIpc) is 3.06. The second-order valence-electron chi connectivity index (χ2n) is 13.2. The summed E-state index contributed by atoms with van der Waals surface area (Å²) in [5.41, 5.74) is 12.5. The first-order valence-electron chi connectivity index (χ1n) is 16.7. The van der Waals surface area contributed by atoms with Gasteiger partial charge in [0.25, 0.3) is 0 Å². The number of nitrogens with zero attached hydrogens (tertiary/aromatic N) is 3. The second kappa shape index (κ2) is 16.1. The topological polar surface area (TPSA) is 37.6 Å². The number of para-hydroxylation sites is 2. The first kappa shape index (κ1) is 35.7. The van der Waals surface area contributed by atoms with Crippen LogP contribution in [0.3, 0.4) is 0 Å². The molecule has 0 N–H and O–H groups in total. The van der Waals surface area contributed by atoms with Gasteiger partial charge in [-0.1, -0.05) is 159 Å². The van der Waals surface area contributed by atoms with Crippen molar-refractivity contribution in [1.29, 1.82) is 0 Å². The summed E-state index contributed by atoms with van der Waals surface area (Å²) in [4.78, 5) is 16.3. The van der Waals surface area contributed by atoms with Crippen LogP contribution in [0.4, 0.5) is 11.4 Å². The van der Waals surface area contributed by atoms with E-state index in [0.29, 0.717) is 23.7 Å². The Labute approximate surface area is 292 Å². The SMILES string of the molecule is CC(C)c1cccc(C(C)C)c1N=C(c1ccccc1)c1cccc(C(=Nc2c(C(C)C)cccc2C(C)C)c2ccccc2)n1.[Co]. The van der Waals surface area contributed by atoms with E-state index in [-0.39, 0.29) is 16.8 Å². The van der Waals surface area contributed by atoms with Crippen LogP contribution in [-0.4, -0.2) is 16.4 Å². The quantitative estimate of drug-likeness (QED) is 0.137. The van der Waals surface area contributed by atoms with E-state index in [2.05, 4.69) is 159 Å². The fraction of sp³-hybridized carbons (Fsp3) is 0.279. The molecule has 0 amide bonds. The van der Waals surface area contributed by atoms with E-state index < -0.39 is 0 Å². The number of aliphatic imine (C=N–C) groups is 2. The summed E-state index contributed by atoms with van der Waals surface area (Å²) in [6.07, 6.45) is 0. The van der Waals surface area contributed by atoms with Crippen molar-refractivity contribution in [3.05, 3.63) is 160 Å². The molecule has 1 radical (unpaired) electrons. The summed E-state index contributed by atoms with van der Waals surface area (Å²) < 4.78 is 0. The molecule has 0 bridgehead atoms. The van der Waals surface area contributed by atoms with Crippen molar-refractivity contribution in [2.75, 3.05) is 0 Å². The van der Waals surface area contributed by atoms with Gasteiger partial charge in [0.1, 0.15) is 0 Å². The molecule has 1 aromatic heterocycles. The Bertz CT molecular complexity index is 1650. The first-order chi connectivity index (χ1) is 22.2. The molecule has 0 fully saturated rings. The molecule has 1 heterocycles. The van der Waals surface area contributed by atoms with Gasteiger partial charge in [-0.15, -0.1) is 0 Å². The summed E-state index contributed by atoms with van der Waals surface area (Å²) in [6.45, 7) is 17.9. The molecule has 0 spiro atoms. The molecule has 243 valence electrons. The van der Waals surface area contributed by atoms with Gasteiger partial charge in [-0.2, -0.15) is 0 Å². The third-order valence-corrected chi connectivity index (χ3v) is 8.46. The van der Waals surface area contributed by atoms with Crippen LogP contribution < -0.4 is 0 Å². The Balaban J connectivity index is 0.00000500. The van der Waals surface area contributed by atoms with Crippen LogP contribution in [0.15, 0.2) is 125 Å². The molecule has 0 aliphatic heterocycles. The Morgan fingerprint density at radius 2 is 0.702 bits per heavy atom. The molecule has 4 heteroatoms. The van der Waals surface area contributed by atoms with Crippen molar-refractivity contribution in [3.63, 3.8) is 0 Å². The normalized spacial score (nSPS) is 12.3. The van der Waals surface area contributed by atoms with Crippen LogP contribution in [0, 0.1) is 0 Å². The fourth-order valence-electron chi connectivity index (χ4n) is 5.94. The summed E-state index contributed by atoms with van der Waals surface area (Å²) in [5, 5.41) is 0. The minimum atomic E-state index is 0. The molecule has 3 nitrogen and oxygen atoms in total. The van der Waals surface area contributed by atoms with Crippen molar-refractivity contribution in [2.24, 2.45) is 9.98 Å². The molecular formula is C43H47CoN3. The number of pyridine rings is 1. The van der Waals surface area contributed by atoms with Gasteiger partial charge in [-0.3, -0.25) is 0 Å². The zero-order valence-electron chi connectivity index (χ0n) is 29.0. The summed E-state index contributed by atoms with van der Waals surface area (Å²) in [5.74, 6) is 1.34. The standard InChI is InChI=1S/C43H47N3.Co/c1-28(2)34-22-15-23-35(29(3)4)42(34)45-40(32-18-11-9-12-19-32)38-26-17-27-39(44-38)41(33-20-13-10-14-21-33)46-43-36(30(5)6)24-16-25-37(43)31(7)8;/h9-31H,1-8H3;. The van der Waals surface area contributed by atoms with Crippen LogP contribution in [0.5, 0.6) is 0 Å². The van der Waals surface area contributed by atoms with E-state index in [1.165, 1.54) is 22.3 Å². The maximum Gasteiger partial charge on any atom is 0.0966 e. The van der Waals surface area contributed by atoms with Crippen LogP contribution in [0.1, 0.15) is 124 Å². The van der Waals surface area contributed by atoms with Crippen LogP contribution in [-0.2, 0) is 16.8 Å². The number of hydrogen-bond acceptors (Lipinski definition) is 3. The number of rotatable bonds is 10. The molecule has 0 aliphatic rings. The summed E-state index contributed by atoms with van der Waals surface area (Å²) >= 11 is 0. The molecule has 0 aliphatic carbocycles. The van der Waals surface area contributed by atoms with Crippen molar-refractivity contribution < 1.29 is 16.8 Å². The van der Waals surface area contributed by atoms with Crippen molar-refractivity contribution in [2.45, 2.75) is 79.1 Å². The molecule has 4 aromatic carbocycles. The van der Waals surface area contributed by atoms with Crippen molar-refractivity contribution in [1.82, 2.24) is 4.98 Å². The van der Waals surface area contributed by atoms with Gasteiger partial charge in [0, 0.05) is 27.9 Å². The molecule has 0 saturated carbocycles. The van der Waals surface area contributed by atoms with E-state index in [9.17, 15) is 0 Å². The Hall–Kier alpha value is -4.12. The summed E-state index contributed by atoms with van der Waals surface area (Å²) in [6, 6.07) is 40.3. The smallest absolute Gasteiger partial charge is 0.0966 e. The zero-order chi connectivity index (χ0) is 32.8. The van der Waals surface area contributed by atoms with E-state index in [1.807, 2.05) is 12.1 Å². The molecule has 0 atom stereocenters. The zero-order valence-corrected chi connectivity index (χ0v) is 30.0. The average molecular weight is 665 g/mol. The maximum absolute atomic E-state index is 5.49. The molecule has 0 unspecified atom stereocenters. The van der Waals surface area contributed by atoms with Gasteiger partial charge in [-0.25, -0.2) is 15.0 Å². The Morgan fingerprint density at radius 1 is 0.404 bits per heavy atom. The molecule has 5 aromatic rings. The maximum atomic E-state index is 5.49. The molecule has 0 saturated heterocycles.